The first-order valence-electron chi connectivity index (χ1n) is 10.5. The molecule has 0 heterocycles. The molecule has 4 heteroatoms. The summed E-state index contributed by atoms with van der Waals surface area (Å²) >= 11 is 0. The van der Waals surface area contributed by atoms with E-state index >= 15 is 0 Å². The highest BCUT2D eigenvalue weighted by Crippen LogP contribution is 2.29. The lowest BCUT2D eigenvalue weighted by atomic mass is 10.1. The fourth-order valence-corrected chi connectivity index (χ4v) is 2.61. The summed E-state index contributed by atoms with van der Waals surface area (Å²) in [6.45, 7) is 5.21. The minimum absolute atomic E-state index is 0.589. The highest BCUT2D eigenvalue weighted by atomic mass is 19.4. The zero-order valence-electron chi connectivity index (χ0n) is 17.2. The smallest absolute Gasteiger partial charge is 0.330 e. The van der Waals surface area contributed by atoms with E-state index in [0.717, 1.165) is 37.1 Å². The summed E-state index contributed by atoms with van der Waals surface area (Å²) in [4.78, 5) is 0. The van der Waals surface area contributed by atoms with Crippen LogP contribution in [0.1, 0.15) is 89.2 Å². The van der Waals surface area contributed by atoms with Crippen molar-refractivity contribution in [1.29, 1.82) is 0 Å². The van der Waals surface area contributed by atoms with Gasteiger partial charge in [-0.05, 0) is 43.5 Å². The van der Waals surface area contributed by atoms with Crippen molar-refractivity contribution in [3.63, 3.8) is 0 Å². The van der Waals surface area contributed by atoms with Gasteiger partial charge in [-0.3, -0.25) is 0 Å². The second kappa shape index (κ2) is 16.9. The summed E-state index contributed by atoms with van der Waals surface area (Å²) < 4.78 is 36.8. The molecule has 0 aliphatic carbocycles. The van der Waals surface area contributed by atoms with Gasteiger partial charge in [-0.2, -0.15) is 13.2 Å². The molecule has 0 saturated carbocycles. The summed E-state index contributed by atoms with van der Waals surface area (Å²) in [5, 5.41) is 0. The maximum Gasteiger partial charge on any atom is 0.416 e. The van der Waals surface area contributed by atoms with Gasteiger partial charge in [-0.1, -0.05) is 89.5 Å². The van der Waals surface area contributed by atoms with Gasteiger partial charge in [0, 0.05) is 0 Å². The standard InChI is InChI=1S/C13H15F3.C10H23N/c1-2-3-4-5-6-11-7-9-12(10-8-11)13(14,15)16;1-2-3-4-5-6-7-8-9-10-11/h4-5,7-10H,2-3,6H2,1H3;2-11H2,1H3. The van der Waals surface area contributed by atoms with Crippen molar-refractivity contribution < 1.29 is 13.2 Å². The second-order valence-corrected chi connectivity index (χ2v) is 6.92. The van der Waals surface area contributed by atoms with Crippen LogP contribution in [0.2, 0.25) is 0 Å². The summed E-state index contributed by atoms with van der Waals surface area (Å²) in [6.07, 6.45) is 13.6. The monoisotopic (exact) mass is 385 g/mol. The Kier molecular flexibility index (Phi) is 16.0. The first kappa shape index (κ1) is 25.7. The predicted octanol–water partition coefficient (Wildman–Crippen LogP) is 7.69. The van der Waals surface area contributed by atoms with E-state index in [1.165, 1.54) is 63.5 Å². The van der Waals surface area contributed by atoms with Gasteiger partial charge in [-0.15, -0.1) is 0 Å². The highest BCUT2D eigenvalue weighted by molar-refractivity contribution is 5.25. The quantitative estimate of drug-likeness (QED) is 0.290. The van der Waals surface area contributed by atoms with Gasteiger partial charge in [0.05, 0.1) is 5.56 Å². The van der Waals surface area contributed by atoms with Crippen molar-refractivity contribution >= 4 is 0 Å². The largest absolute Gasteiger partial charge is 0.416 e. The molecule has 0 atom stereocenters. The molecule has 1 rings (SSSR count). The molecule has 0 unspecified atom stereocenters. The molecule has 0 saturated heterocycles. The van der Waals surface area contributed by atoms with Crippen LogP contribution >= 0.6 is 0 Å². The molecule has 0 aliphatic heterocycles. The van der Waals surface area contributed by atoms with E-state index in [-0.39, 0.29) is 0 Å². The Balaban J connectivity index is 0.000000541. The van der Waals surface area contributed by atoms with Crippen LogP contribution in [0, 0.1) is 0 Å². The molecule has 0 radical (unpaired) electrons. The van der Waals surface area contributed by atoms with Gasteiger partial charge in [0.15, 0.2) is 0 Å². The fraction of sp³-hybridized carbons (Fsp3) is 0.652. The molecule has 1 aromatic carbocycles. The first-order chi connectivity index (χ1) is 13.0. The van der Waals surface area contributed by atoms with Gasteiger partial charge in [0.2, 0.25) is 0 Å². The molecule has 1 nitrogen and oxygen atoms in total. The number of hydrogen-bond donors (Lipinski definition) is 1. The van der Waals surface area contributed by atoms with E-state index in [1.54, 1.807) is 0 Å². The van der Waals surface area contributed by atoms with Crippen molar-refractivity contribution in [2.75, 3.05) is 6.54 Å². The van der Waals surface area contributed by atoms with Gasteiger partial charge in [-0.25, -0.2) is 0 Å². The third-order valence-electron chi connectivity index (χ3n) is 4.31. The Hall–Kier alpha value is -1.29. The van der Waals surface area contributed by atoms with E-state index < -0.39 is 11.7 Å². The van der Waals surface area contributed by atoms with Gasteiger partial charge < -0.3 is 5.73 Å². The van der Waals surface area contributed by atoms with Crippen LogP contribution in [-0.4, -0.2) is 6.54 Å². The molecule has 0 amide bonds. The summed E-state index contributed by atoms with van der Waals surface area (Å²) in [7, 11) is 0. The van der Waals surface area contributed by atoms with Crippen LogP contribution < -0.4 is 5.73 Å². The van der Waals surface area contributed by atoms with Gasteiger partial charge >= 0.3 is 6.18 Å². The lowest BCUT2D eigenvalue weighted by Crippen LogP contribution is -2.04. The number of allylic oxidation sites excluding steroid dienone is 2. The van der Waals surface area contributed by atoms with Crippen LogP contribution in [0.3, 0.4) is 0 Å². The Morgan fingerprint density at radius 1 is 0.778 bits per heavy atom. The van der Waals surface area contributed by atoms with E-state index in [9.17, 15) is 13.2 Å². The predicted molar refractivity (Wildman–Crippen MR) is 111 cm³/mol. The minimum Gasteiger partial charge on any atom is -0.330 e. The van der Waals surface area contributed by atoms with E-state index in [2.05, 4.69) is 19.9 Å². The molecular formula is C23H38F3N. The van der Waals surface area contributed by atoms with E-state index in [1.807, 2.05) is 6.08 Å². The highest BCUT2D eigenvalue weighted by Gasteiger charge is 2.29. The van der Waals surface area contributed by atoms with Crippen molar-refractivity contribution in [3.8, 4) is 0 Å². The van der Waals surface area contributed by atoms with Crippen LogP contribution in [-0.2, 0) is 12.6 Å². The van der Waals surface area contributed by atoms with Gasteiger partial charge in [0.1, 0.15) is 0 Å². The lowest BCUT2D eigenvalue weighted by Gasteiger charge is -2.06. The molecule has 1 aromatic rings. The third kappa shape index (κ3) is 15.5. The average molecular weight is 386 g/mol. The Labute approximate surface area is 164 Å². The number of unbranched alkanes of at least 4 members (excludes halogenated alkanes) is 8. The molecule has 27 heavy (non-hydrogen) atoms. The fourth-order valence-electron chi connectivity index (χ4n) is 2.61. The summed E-state index contributed by atoms with van der Waals surface area (Å²) in [5.41, 5.74) is 5.70. The third-order valence-corrected chi connectivity index (χ3v) is 4.31. The number of nitrogens with two attached hydrogens (primary N) is 1. The Morgan fingerprint density at radius 2 is 1.33 bits per heavy atom. The topological polar surface area (TPSA) is 26.0 Å². The molecule has 0 fully saturated rings. The van der Waals surface area contributed by atoms with Crippen molar-refractivity contribution in [2.24, 2.45) is 5.73 Å². The lowest BCUT2D eigenvalue weighted by molar-refractivity contribution is -0.137. The Bertz CT molecular complexity index is 456. The number of alkyl halides is 3. The molecule has 0 spiro atoms. The Morgan fingerprint density at radius 3 is 1.81 bits per heavy atom. The summed E-state index contributed by atoms with van der Waals surface area (Å²) in [6, 6.07) is 5.31. The van der Waals surface area contributed by atoms with Crippen molar-refractivity contribution in [1.82, 2.24) is 0 Å². The molecule has 0 aromatic heterocycles. The number of rotatable bonds is 12. The minimum atomic E-state index is -4.24. The number of hydrogen-bond acceptors (Lipinski definition) is 1. The van der Waals surface area contributed by atoms with E-state index in [4.69, 9.17) is 5.73 Å². The molecule has 156 valence electrons. The number of halogens is 3. The summed E-state index contributed by atoms with van der Waals surface area (Å²) in [5.74, 6) is 0. The zero-order valence-corrected chi connectivity index (χ0v) is 17.2. The van der Waals surface area contributed by atoms with Crippen LogP contribution in [0.4, 0.5) is 13.2 Å². The molecule has 2 N–H and O–H groups in total. The normalized spacial score (nSPS) is 11.5. The maximum atomic E-state index is 12.3. The first-order valence-corrected chi connectivity index (χ1v) is 10.5. The van der Waals surface area contributed by atoms with Crippen LogP contribution in [0.25, 0.3) is 0 Å². The molecule has 0 aliphatic rings. The maximum absolute atomic E-state index is 12.3. The van der Waals surface area contributed by atoms with Gasteiger partial charge in [0.25, 0.3) is 0 Å². The molecular weight excluding hydrogens is 347 g/mol. The van der Waals surface area contributed by atoms with Crippen molar-refractivity contribution in [3.05, 3.63) is 47.5 Å². The van der Waals surface area contributed by atoms with Crippen molar-refractivity contribution in [2.45, 2.75) is 90.7 Å². The second-order valence-electron chi connectivity index (χ2n) is 6.92. The SMILES string of the molecule is CCCC=CCc1ccc(C(F)(F)F)cc1.CCCCCCCCCCN. The average Bonchev–Trinajstić information content (AvgIpc) is 2.65. The van der Waals surface area contributed by atoms with Crippen LogP contribution in [0.15, 0.2) is 36.4 Å². The van der Waals surface area contributed by atoms with Crippen LogP contribution in [0.5, 0.6) is 0 Å². The van der Waals surface area contributed by atoms with E-state index in [0.29, 0.717) is 6.42 Å². The molecule has 0 bridgehead atoms. The zero-order chi connectivity index (χ0) is 20.4. The number of benzene rings is 1.